The lowest BCUT2D eigenvalue weighted by Gasteiger charge is -2.21. The van der Waals surface area contributed by atoms with Gasteiger partial charge in [0.05, 0.1) is 13.0 Å². The van der Waals surface area contributed by atoms with Crippen LogP contribution in [-0.2, 0) is 4.79 Å². The second-order valence-corrected chi connectivity index (χ2v) is 3.68. The Morgan fingerprint density at radius 1 is 1.69 bits per heavy atom. The van der Waals surface area contributed by atoms with E-state index in [1.54, 1.807) is 26.3 Å². The number of aliphatic carboxylic acids is 1. The summed E-state index contributed by atoms with van der Waals surface area (Å²) in [5.74, 6) is -0.690. The molecule has 88 valence electrons. The van der Waals surface area contributed by atoms with Gasteiger partial charge in [-0.2, -0.15) is 0 Å². The zero-order chi connectivity index (χ0) is 12.1. The van der Waals surface area contributed by atoms with Crippen LogP contribution in [0.15, 0.2) is 18.3 Å². The lowest BCUT2D eigenvalue weighted by molar-refractivity contribution is -0.140. The van der Waals surface area contributed by atoms with Crippen molar-refractivity contribution >= 4 is 11.7 Å². The SMILES string of the molecule is COc1cc(N(C)CC(C)C(=O)O)ccn1. The number of pyridine rings is 1. The van der Waals surface area contributed by atoms with E-state index in [0.29, 0.717) is 12.4 Å². The molecule has 0 saturated carbocycles. The van der Waals surface area contributed by atoms with Crippen molar-refractivity contribution in [2.45, 2.75) is 6.92 Å². The predicted octanol–water partition coefficient (Wildman–Crippen LogP) is 1.25. The Balaban J connectivity index is 2.72. The molecule has 0 bridgehead atoms. The van der Waals surface area contributed by atoms with E-state index >= 15 is 0 Å². The molecule has 1 aromatic rings. The van der Waals surface area contributed by atoms with E-state index in [4.69, 9.17) is 9.84 Å². The van der Waals surface area contributed by atoms with Crippen LogP contribution < -0.4 is 9.64 Å². The van der Waals surface area contributed by atoms with Crippen LogP contribution in [-0.4, -0.2) is 36.8 Å². The molecular weight excluding hydrogens is 208 g/mol. The first-order valence-electron chi connectivity index (χ1n) is 4.98. The number of ether oxygens (including phenoxy) is 1. The highest BCUT2D eigenvalue weighted by atomic mass is 16.5. The summed E-state index contributed by atoms with van der Waals surface area (Å²) < 4.78 is 5.00. The maximum atomic E-state index is 10.7. The Morgan fingerprint density at radius 2 is 2.38 bits per heavy atom. The number of hydrogen-bond donors (Lipinski definition) is 1. The van der Waals surface area contributed by atoms with E-state index < -0.39 is 11.9 Å². The second kappa shape index (κ2) is 5.34. The number of nitrogens with zero attached hydrogens (tertiary/aromatic N) is 2. The Bertz CT molecular complexity index is 368. The number of rotatable bonds is 5. The largest absolute Gasteiger partial charge is 0.481 e. The van der Waals surface area contributed by atoms with E-state index in [2.05, 4.69) is 4.98 Å². The molecule has 16 heavy (non-hydrogen) atoms. The molecule has 5 heteroatoms. The summed E-state index contributed by atoms with van der Waals surface area (Å²) in [5, 5.41) is 8.81. The summed E-state index contributed by atoms with van der Waals surface area (Å²) in [5.41, 5.74) is 0.889. The molecule has 1 aromatic heterocycles. The molecule has 0 spiro atoms. The molecule has 1 rings (SSSR count). The molecule has 1 N–H and O–H groups in total. The molecule has 0 fully saturated rings. The topological polar surface area (TPSA) is 62.7 Å². The van der Waals surface area contributed by atoms with Gasteiger partial charge in [-0.1, -0.05) is 6.92 Å². The summed E-state index contributed by atoms with van der Waals surface area (Å²) in [6, 6.07) is 3.59. The van der Waals surface area contributed by atoms with Crippen LogP contribution in [0.2, 0.25) is 0 Å². The van der Waals surface area contributed by atoms with Crippen LogP contribution in [0.1, 0.15) is 6.92 Å². The standard InChI is InChI=1S/C11H16N2O3/c1-8(11(14)15)7-13(2)9-4-5-12-10(6-9)16-3/h4-6,8H,7H2,1-3H3,(H,14,15). The van der Waals surface area contributed by atoms with Crippen LogP contribution in [0.25, 0.3) is 0 Å². The number of carboxylic acid groups (broad SMARTS) is 1. The highest BCUT2D eigenvalue weighted by molar-refractivity contribution is 5.70. The minimum atomic E-state index is -0.798. The molecule has 0 aliphatic rings. The number of methoxy groups -OCH3 is 1. The Labute approximate surface area is 94.7 Å². The van der Waals surface area contributed by atoms with Gasteiger partial charge in [0.25, 0.3) is 0 Å². The van der Waals surface area contributed by atoms with Gasteiger partial charge in [0.1, 0.15) is 0 Å². The van der Waals surface area contributed by atoms with Crippen LogP contribution in [0.4, 0.5) is 5.69 Å². The first-order valence-corrected chi connectivity index (χ1v) is 4.98. The van der Waals surface area contributed by atoms with E-state index in [1.807, 2.05) is 18.0 Å². The number of anilines is 1. The quantitative estimate of drug-likeness (QED) is 0.815. The fourth-order valence-electron chi connectivity index (χ4n) is 1.34. The molecule has 0 aliphatic carbocycles. The van der Waals surface area contributed by atoms with Gasteiger partial charge < -0.3 is 14.7 Å². The molecule has 0 aromatic carbocycles. The lowest BCUT2D eigenvalue weighted by atomic mass is 10.1. The van der Waals surface area contributed by atoms with E-state index in [-0.39, 0.29) is 0 Å². The van der Waals surface area contributed by atoms with Crippen molar-refractivity contribution in [1.82, 2.24) is 4.98 Å². The molecule has 1 heterocycles. The van der Waals surface area contributed by atoms with Gasteiger partial charge >= 0.3 is 5.97 Å². The smallest absolute Gasteiger partial charge is 0.308 e. The van der Waals surface area contributed by atoms with Gasteiger partial charge in [0.15, 0.2) is 0 Å². The van der Waals surface area contributed by atoms with Crippen LogP contribution >= 0.6 is 0 Å². The summed E-state index contributed by atoms with van der Waals surface area (Å²) in [6.07, 6.45) is 1.64. The van der Waals surface area contributed by atoms with Gasteiger partial charge in [0.2, 0.25) is 5.88 Å². The van der Waals surface area contributed by atoms with Gasteiger partial charge in [-0.15, -0.1) is 0 Å². The summed E-state index contributed by atoms with van der Waals surface area (Å²) >= 11 is 0. The molecule has 0 amide bonds. The maximum absolute atomic E-state index is 10.7. The minimum Gasteiger partial charge on any atom is -0.481 e. The van der Waals surface area contributed by atoms with Crippen molar-refractivity contribution in [2.24, 2.45) is 5.92 Å². The van der Waals surface area contributed by atoms with Gasteiger partial charge in [-0.3, -0.25) is 4.79 Å². The third-order valence-electron chi connectivity index (χ3n) is 2.34. The van der Waals surface area contributed by atoms with Crippen LogP contribution in [0.5, 0.6) is 5.88 Å². The van der Waals surface area contributed by atoms with Crippen LogP contribution in [0.3, 0.4) is 0 Å². The number of aromatic nitrogens is 1. The minimum absolute atomic E-state index is 0.413. The van der Waals surface area contributed by atoms with Crippen LogP contribution in [0, 0.1) is 5.92 Å². The van der Waals surface area contributed by atoms with E-state index in [0.717, 1.165) is 5.69 Å². The van der Waals surface area contributed by atoms with Crippen molar-refractivity contribution in [1.29, 1.82) is 0 Å². The highest BCUT2D eigenvalue weighted by Crippen LogP contribution is 2.18. The average Bonchev–Trinajstić information content (AvgIpc) is 2.28. The molecule has 0 radical (unpaired) electrons. The van der Waals surface area contributed by atoms with Crippen molar-refractivity contribution < 1.29 is 14.6 Å². The Morgan fingerprint density at radius 3 is 2.94 bits per heavy atom. The van der Waals surface area contributed by atoms with Gasteiger partial charge in [-0.05, 0) is 6.07 Å². The maximum Gasteiger partial charge on any atom is 0.308 e. The van der Waals surface area contributed by atoms with E-state index in [1.165, 1.54) is 0 Å². The molecule has 5 nitrogen and oxygen atoms in total. The Kier molecular flexibility index (Phi) is 4.10. The zero-order valence-electron chi connectivity index (χ0n) is 9.67. The zero-order valence-corrected chi connectivity index (χ0v) is 9.67. The number of carboxylic acids is 1. The van der Waals surface area contributed by atoms with Crippen molar-refractivity contribution in [3.05, 3.63) is 18.3 Å². The average molecular weight is 224 g/mol. The normalized spacial score (nSPS) is 11.9. The molecular formula is C11H16N2O3. The molecule has 0 saturated heterocycles. The number of hydrogen-bond acceptors (Lipinski definition) is 4. The van der Waals surface area contributed by atoms with Crippen molar-refractivity contribution in [3.63, 3.8) is 0 Å². The first kappa shape index (κ1) is 12.3. The van der Waals surface area contributed by atoms with E-state index in [9.17, 15) is 4.79 Å². The summed E-state index contributed by atoms with van der Waals surface area (Å²) in [7, 11) is 3.39. The summed E-state index contributed by atoms with van der Waals surface area (Å²) in [4.78, 5) is 16.6. The monoisotopic (exact) mass is 224 g/mol. The fourth-order valence-corrected chi connectivity index (χ4v) is 1.34. The Hall–Kier alpha value is -1.78. The third-order valence-corrected chi connectivity index (χ3v) is 2.34. The summed E-state index contributed by atoms with van der Waals surface area (Å²) in [6.45, 7) is 2.12. The second-order valence-electron chi connectivity index (χ2n) is 3.68. The fraction of sp³-hybridized carbons (Fsp3) is 0.455. The van der Waals surface area contributed by atoms with Crippen molar-refractivity contribution in [2.75, 3.05) is 25.6 Å². The number of carbonyl (C=O) groups is 1. The highest BCUT2D eigenvalue weighted by Gasteiger charge is 2.14. The third kappa shape index (κ3) is 3.12. The van der Waals surface area contributed by atoms with Crippen molar-refractivity contribution in [3.8, 4) is 5.88 Å². The predicted molar refractivity (Wildman–Crippen MR) is 60.9 cm³/mol. The molecule has 1 unspecified atom stereocenters. The van der Waals surface area contributed by atoms with Gasteiger partial charge in [0, 0.05) is 31.5 Å². The van der Waals surface area contributed by atoms with Gasteiger partial charge in [-0.25, -0.2) is 4.98 Å². The molecule has 1 atom stereocenters. The molecule has 0 aliphatic heterocycles. The lowest BCUT2D eigenvalue weighted by Crippen LogP contribution is -2.28. The first-order chi connectivity index (χ1) is 7.54.